The van der Waals surface area contributed by atoms with Gasteiger partial charge in [-0.25, -0.2) is 10.4 Å². The first-order valence-electron chi connectivity index (χ1n) is 7.92. The summed E-state index contributed by atoms with van der Waals surface area (Å²) < 4.78 is 3.09. The summed E-state index contributed by atoms with van der Waals surface area (Å²) in [5, 5.41) is 7.00. The van der Waals surface area contributed by atoms with Crippen molar-refractivity contribution in [2.24, 2.45) is 12.1 Å². The van der Waals surface area contributed by atoms with Gasteiger partial charge in [-0.05, 0) is 24.3 Å². The van der Waals surface area contributed by atoms with E-state index in [-0.39, 0.29) is 12.3 Å². The largest absolute Gasteiger partial charge is 0.318 e. The van der Waals surface area contributed by atoms with Crippen LogP contribution in [0.4, 0.5) is 0 Å². The zero-order valence-electron chi connectivity index (χ0n) is 13.9. The lowest BCUT2D eigenvalue weighted by Gasteiger charge is -1.98. The average molecular weight is 381 g/mol. The van der Waals surface area contributed by atoms with Crippen LogP contribution < -0.4 is 10.2 Å². The Hall–Kier alpha value is -2.84. The van der Waals surface area contributed by atoms with E-state index < -0.39 is 0 Å². The van der Waals surface area contributed by atoms with Crippen molar-refractivity contribution < 1.29 is 4.79 Å². The normalized spacial score (nSPS) is 11.8. The number of hydrogen-bond donors (Lipinski definition) is 1. The van der Waals surface area contributed by atoms with Crippen LogP contribution in [0.5, 0.6) is 0 Å². The summed E-state index contributed by atoms with van der Waals surface area (Å²) in [4.78, 5) is 21.5. The molecule has 3 aromatic heterocycles. The Morgan fingerprint density at radius 2 is 2.15 bits per heavy atom. The highest BCUT2D eigenvalue weighted by Crippen LogP contribution is 2.22. The maximum Gasteiger partial charge on any atom is 0.246 e. The van der Waals surface area contributed by atoms with Gasteiger partial charge in [-0.1, -0.05) is 23.5 Å². The molecule has 0 atom stereocenters. The van der Waals surface area contributed by atoms with Gasteiger partial charge in [0.05, 0.1) is 22.3 Å². The fraction of sp³-hybridized carbons (Fsp3) is 0.111. The molecule has 0 aliphatic heterocycles. The third-order valence-electron chi connectivity index (χ3n) is 3.79. The summed E-state index contributed by atoms with van der Waals surface area (Å²) in [6.45, 7) is 0. The lowest BCUT2D eigenvalue weighted by Crippen LogP contribution is -2.24. The van der Waals surface area contributed by atoms with E-state index in [9.17, 15) is 4.79 Å². The Morgan fingerprint density at radius 1 is 1.27 bits per heavy atom. The van der Waals surface area contributed by atoms with Gasteiger partial charge in [-0.3, -0.25) is 9.78 Å². The minimum atomic E-state index is -0.189. The number of thiazole rings is 2. The fourth-order valence-corrected chi connectivity index (χ4v) is 4.30. The van der Waals surface area contributed by atoms with Crippen LogP contribution in [0.25, 0.3) is 20.8 Å². The van der Waals surface area contributed by atoms with E-state index in [1.165, 1.54) is 22.7 Å². The zero-order valence-corrected chi connectivity index (χ0v) is 15.5. The van der Waals surface area contributed by atoms with Crippen LogP contribution in [0.3, 0.4) is 0 Å². The maximum atomic E-state index is 12.2. The van der Waals surface area contributed by atoms with Gasteiger partial charge in [0.1, 0.15) is 5.01 Å². The Balaban J connectivity index is 1.47. The Morgan fingerprint density at radius 3 is 2.96 bits per heavy atom. The van der Waals surface area contributed by atoms with Gasteiger partial charge in [-0.2, -0.15) is 0 Å². The quantitative estimate of drug-likeness (QED) is 0.553. The molecule has 8 heteroatoms. The number of aryl methyl sites for hydroxylation is 1. The molecule has 1 amide bonds. The first-order chi connectivity index (χ1) is 12.7. The summed E-state index contributed by atoms with van der Waals surface area (Å²) in [5.74, 6) is -0.189. The van der Waals surface area contributed by atoms with Crippen LogP contribution >= 0.6 is 22.7 Å². The van der Waals surface area contributed by atoms with E-state index >= 15 is 0 Å². The Kier molecular flexibility index (Phi) is 4.59. The number of nitrogens with one attached hydrogen (secondary N) is 1. The molecule has 3 heterocycles. The zero-order chi connectivity index (χ0) is 17.9. The van der Waals surface area contributed by atoms with Gasteiger partial charge in [-0.15, -0.1) is 16.4 Å². The minimum absolute atomic E-state index is 0.189. The number of carbonyl (C=O) groups excluding carboxylic acids is 1. The molecule has 0 saturated carbocycles. The Labute approximate surface area is 157 Å². The van der Waals surface area contributed by atoms with Gasteiger partial charge in [0.25, 0.3) is 0 Å². The van der Waals surface area contributed by atoms with Gasteiger partial charge >= 0.3 is 0 Å². The van der Waals surface area contributed by atoms with Gasteiger partial charge in [0.2, 0.25) is 10.7 Å². The van der Waals surface area contributed by atoms with Crippen LogP contribution in [-0.4, -0.2) is 20.4 Å². The topological polar surface area (TPSA) is 72.2 Å². The second-order valence-electron chi connectivity index (χ2n) is 5.62. The molecular weight excluding hydrogens is 366 g/mol. The van der Waals surface area contributed by atoms with E-state index in [0.29, 0.717) is 0 Å². The summed E-state index contributed by atoms with van der Waals surface area (Å²) in [6, 6.07) is 11.9. The molecular formula is C18H15N5OS2. The van der Waals surface area contributed by atoms with Crippen LogP contribution in [0.1, 0.15) is 5.69 Å². The summed E-state index contributed by atoms with van der Waals surface area (Å²) in [5.41, 5.74) is 5.39. The van der Waals surface area contributed by atoms with Crippen molar-refractivity contribution in [2.75, 3.05) is 0 Å². The lowest BCUT2D eigenvalue weighted by molar-refractivity contribution is -0.120. The molecule has 0 bridgehead atoms. The van der Waals surface area contributed by atoms with Crippen LogP contribution in [0, 0.1) is 0 Å². The predicted octanol–water partition coefficient (Wildman–Crippen LogP) is 2.93. The van der Waals surface area contributed by atoms with E-state index in [0.717, 1.165) is 31.3 Å². The smallest absolute Gasteiger partial charge is 0.246 e. The molecule has 0 saturated heterocycles. The second kappa shape index (κ2) is 7.19. The van der Waals surface area contributed by atoms with Crippen molar-refractivity contribution in [1.82, 2.24) is 20.0 Å². The summed E-state index contributed by atoms with van der Waals surface area (Å²) in [7, 11) is 1.93. The molecule has 0 unspecified atom stereocenters. The third kappa shape index (κ3) is 3.42. The van der Waals surface area contributed by atoms with Crippen LogP contribution in [0.15, 0.2) is 59.3 Å². The van der Waals surface area contributed by atoms with Gasteiger partial charge < -0.3 is 4.57 Å². The van der Waals surface area contributed by atoms with Crippen LogP contribution in [0.2, 0.25) is 0 Å². The number of pyridine rings is 1. The van der Waals surface area contributed by atoms with Crippen molar-refractivity contribution in [1.29, 1.82) is 0 Å². The number of carbonyl (C=O) groups is 1. The van der Waals surface area contributed by atoms with Crippen molar-refractivity contribution in [3.8, 4) is 10.6 Å². The molecule has 6 nitrogen and oxygen atoms in total. The average Bonchev–Trinajstić information content (AvgIpc) is 3.26. The first-order valence-corrected chi connectivity index (χ1v) is 9.62. The van der Waals surface area contributed by atoms with Crippen molar-refractivity contribution in [2.45, 2.75) is 6.42 Å². The number of para-hydroxylation sites is 1. The number of aromatic nitrogens is 3. The third-order valence-corrected chi connectivity index (χ3v) is 5.85. The van der Waals surface area contributed by atoms with E-state index in [1.807, 2.05) is 53.4 Å². The van der Waals surface area contributed by atoms with E-state index in [1.54, 1.807) is 12.4 Å². The standard InChI is InChI=1S/C18H15N5OS2/c1-23-14-6-2-3-7-15(14)26-18(23)22-21-16(24)9-13-11-25-17(20-13)12-5-4-8-19-10-12/h2-8,10-11H,9H2,1H3,(H,21,24)/b22-18+. The fourth-order valence-electron chi connectivity index (χ4n) is 2.51. The minimum Gasteiger partial charge on any atom is -0.318 e. The molecule has 0 spiro atoms. The molecule has 4 aromatic rings. The highest BCUT2D eigenvalue weighted by atomic mass is 32.1. The molecule has 1 aromatic carbocycles. The van der Waals surface area contributed by atoms with Crippen LogP contribution in [-0.2, 0) is 18.3 Å². The molecule has 130 valence electrons. The van der Waals surface area contributed by atoms with E-state index in [4.69, 9.17) is 0 Å². The lowest BCUT2D eigenvalue weighted by atomic mass is 10.3. The highest BCUT2D eigenvalue weighted by Gasteiger charge is 2.09. The SMILES string of the molecule is Cn1/c(=N\NC(=O)Cc2csc(-c3cccnc3)n2)sc2ccccc21. The molecule has 0 fully saturated rings. The monoisotopic (exact) mass is 381 g/mol. The van der Waals surface area contributed by atoms with Gasteiger partial charge in [0.15, 0.2) is 0 Å². The Bertz CT molecular complexity index is 1130. The molecule has 0 radical (unpaired) electrons. The number of amides is 1. The molecule has 1 N–H and O–H groups in total. The number of hydrogen-bond acceptors (Lipinski definition) is 6. The van der Waals surface area contributed by atoms with Crippen molar-refractivity contribution in [3.05, 3.63) is 64.7 Å². The molecule has 0 aliphatic rings. The highest BCUT2D eigenvalue weighted by molar-refractivity contribution is 7.16. The number of fused-ring (bicyclic) bond motifs is 1. The summed E-state index contributed by atoms with van der Waals surface area (Å²) >= 11 is 3.04. The van der Waals surface area contributed by atoms with E-state index in [2.05, 4.69) is 20.5 Å². The first kappa shape index (κ1) is 16.6. The predicted molar refractivity (Wildman–Crippen MR) is 104 cm³/mol. The van der Waals surface area contributed by atoms with Crippen molar-refractivity contribution >= 4 is 38.8 Å². The van der Waals surface area contributed by atoms with Crippen molar-refractivity contribution in [3.63, 3.8) is 0 Å². The maximum absolute atomic E-state index is 12.2. The molecule has 4 rings (SSSR count). The summed E-state index contributed by atoms with van der Waals surface area (Å²) in [6.07, 6.45) is 3.68. The van der Waals surface area contributed by atoms with Gasteiger partial charge in [0, 0.05) is 30.4 Å². The number of nitrogens with zero attached hydrogens (tertiary/aromatic N) is 4. The second-order valence-corrected chi connectivity index (χ2v) is 7.49. The molecule has 26 heavy (non-hydrogen) atoms. The number of benzene rings is 1. The number of rotatable bonds is 4. The molecule has 0 aliphatic carbocycles.